The highest BCUT2D eigenvalue weighted by atomic mass is 16.6. The van der Waals surface area contributed by atoms with Crippen LogP contribution in [0.3, 0.4) is 0 Å². The minimum atomic E-state index is -0.434. The fourth-order valence-corrected chi connectivity index (χ4v) is 1.84. The Morgan fingerprint density at radius 3 is 2.52 bits per heavy atom. The van der Waals surface area contributed by atoms with Gasteiger partial charge >= 0.3 is 5.97 Å². The van der Waals surface area contributed by atoms with Crippen molar-refractivity contribution in [1.82, 2.24) is 0 Å². The van der Waals surface area contributed by atoms with Crippen molar-refractivity contribution in [3.63, 3.8) is 0 Å². The first kappa shape index (κ1) is 17.4. The van der Waals surface area contributed by atoms with E-state index in [2.05, 4.69) is 4.99 Å². The summed E-state index contributed by atoms with van der Waals surface area (Å²) in [6.45, 7) is 6.11. The minimum absolute atomic E-state index is 0.0326. The second kappa shape index (κ2) is 8.57. The molecule has 0 saturated heterocycles. The van der Waals surface area contributed by atoms with Gasteiger partial charge in [0.15, 0.2) is 0 Å². The molecule has 0 aliphatic rings. The van der Waals surface area contributed by atoms with Crippen molar-refractivity contribution in [1.29, 1.82) is 0 Å². The van der Waals surface area contributed by atoms with Gasteiger partial charge in [0.1, 0.15) is 5.60 Å². The lowest BCUT2D eigenvalue weighted by Gasteiger charge is -2.19. The Labute approximate surface area is 127 Å². The molecule has 116 valence electrons. The lowest BCUT2D eigenvalue weighted by Crippen LogP contribution is -2.23. The van der Waals surface area contributed by atoms with Gasteiger partial charge in [-0.3, -0.25) is 9.79 Å². The first-order chi connectivity index (χ1) is 9.92. The molecule has 4 heteroatoms. The second-order valence-corrected chi connectivity index (χ2v) is 5.84. The van der Waals surface area contributed by atoms with Crippen LogP contribution in [0.1, 0.15) is 45.2 Å². The highest BCUT2D eigenvalue weighted by molar-refractivity contribution is 5.74. The highest BCUT2D eigenvalue weighted by Crippen LogP contribution is 2.17. The summed E-state index contributed by atoms with van der Waals surface area (Å²) in [5.74, 6) is -0.197. The van der Waals surface area contributed by atoms with Crippen LogP contribution >= 0.6 is 0 Å². The molecule has 0 fully saturated rings. The Hall–Kier alpha value is -1.68. The zero-order chi connectivity index (χ0) is 15.7. The molecule has 0 N–H and O–H groups in total. The summed E-state index contributed by atoms with van der Waals surface area (Å²) in [6.07, 6.45) is 2.69. The Morgan fingerprint density at radius 2 is 1.95 bits per heavy atom. The molecule has 21 heavy (non-hydrogen) atoms. The number of ether oxygens (including phenoxy) is 2. The molecule has 0 spiro atoms. The predicted molar refractivity (Wildman–Crippen MR) is 84.6 cm³/mol. The molecule has 4 nitrogen and oxygen atoms in total. The summed E-state index contributed by atoms with van der Waals surface area (Å²) in [4.78, 5) is 16.1. The van der Waals surface area contributed by atoms with Crippen molar-refractivity contribution < 1.29 is 14.3 Å². The third-order valence-electron chi connectivity index (χ3n) is 2.69. The van der Waals surface area contributed by atoms with Gasteiger partial charge in [-0.15, -0.1) is 0 Å². The zero-order valence-corrected chi connectivity index (χ0v) is 13.3. The predicted octanol–water partition coefficient (Wildman–Crippen LogP) is 3.57. The molecule has 0 amide bonds. The Kier molecular flexibility index (Phi) is 7.09. The van der Waals surface area contributed by atoms with E-state index in [0.29, 0.717) is 19.4 Å². The number of rotatable bonds is 7. The summed E-state index contributed by atoms with van der Waals surface area (Å²) >= 11 is 0. The van der Waals surface area contributed by atoms with Gasteiger partial charge in [0.05, 0.1) is 19.1 Å². The summed E-state index contributed by atoms with van der Waals surface area (Å²) in [6, 6.07) is 9.95. The van der Waals surface area contributed by atoms with Crippen LogP contribution in [-0.4, -0.2) is 31.5 Å². The second-order valence-electron chi connectivity index (χ2n) is 5.84. The van der Waals surface area contributed by atoms with E-state index in [1.54, 1.807) is 13.3 Å². The molecule has 1 aromatic carbocycles. The van der Waals surface area contributed by atoms with Crippen molar-refractivity contribution in [2.45, 2.75) is 45.3 Å². The van der Waals surface area contributed by atoms with Crippen LogP contribution in [0.2, 0.25) is 0 Å². The molecule has 0 aliphatic heterocycles. The molecule has 1 rings (SSSR count). The van der Waals surface area contributed by atoms with E-state index in [4.69, 9.17) is 9.47 Å². The number of methoxy groups -OCH3 is 1. The lowest BCUT2D eigenvalue weighted by molar-refractivity contribution is -0.154. The van der Waals surface area contributed by atoms with E-state index < -0.39 is 5.60 Å². The molecular formula is C17H25NO3. The summed E-state index contributed by atoms with van der Waals surface area (Å²) in [5, 5.41) is 0. The van der Waals surface area contributed by atoms with Crippen molar-refractivity contribution in [3.05, 3.63) is 35.9 Å². The van der Waals surface area contributed by atoms with Crippen molar-refractivity contribution >= 4 is 12.2 Å². The molecule has 0 heterocycles. The first-order valence-electron chi connectivity index (χ1n) is 7.20. The van der Waals surface area contributed by atoms with Crippen molar-refractivity contribution in [2.75, 3.05) is 13.7 Å². The first-order valence-corrected chi connectivity index (χ1v) is 7.20. The number of hydrogen-bond acceptors (Lipinski definition) is 4. The maximum atomic E-state index is 11.6. The number of esters is 1. The SMILES string of the molecule is COC[C@H](N=CCCC(=O)OC(C)(C)C)c1ccccc1. The highest BCUT2D eigenvalue weighted by Gasteiger charge is 2.15. The van der Waals surface area contributed by atoms with Gasteiger partial charge in [-0.1, -0.05) is 30.3 Å². The van der Waals surface area contributed by atoms with E-state index in [9.17, 15) is 4.79 Å². The molecule has 1 aromatic rings. The topological polar surface area (TPSA) is 47.9 Å². The standard InChI is InChI=1S/C17H25NO3/c1-17(2,3)21-16(19)11-8-12-18-15(13-20-4)14-9-6-5-7-10-14/h5-7,9-10,12,15H,8,11,13H2,1-4H3/t15-/m0/s1. The van der Waals surface area contributed by atoms with Crippen molar-refractivity contribution in [2.24, 2.45) is 4.99 Å². The van der Waals surface area contributed by atoms with Crippen LogP contribution in [-0.2, 0) is 14.3 Å². The number of aliphatic imine (C=N–C) groups is 1. The van der Waals surface area contributed by atoms with Crippen LogP contribution in [0.5, 0.6) is 0 Å². The monoisotopic (exact) mass is 291 g/mol. The minimum Gasteiger partial charge on any atom is -0.460 e. The van der Waals surface area contributed by atoms with Gasteiger partial charge in [0, 0.05) is 13.3 Å². The average molecular weight is 291 g/mol. The van der Waals surface area contributed by atoms with Gasteiger partial charge in [-0.2, -0.15) is 0 Å². The molecule has 1 atom stereocenters. The number of carbonyl (C=O) groups is 1. The van der Waals surface area contributed by atoms with E-state index in [1.807, 2.05) is 51.1 Å². The number of benzene rings is 1. The van der Waals surface area contributed by atoms with Crippen LogP contribution in [0.4, 0.5) is 0 Å². The third-order valence-corrected chi connectivity index (χ3v) is 2.69. The van der Waals surface area contributed by atoms with Crippen LogP contribution in [0.25, 0.3) is 0 Å². The van der Waals surface area contributed by atoms with E-state index in [0.717, 1.165) is 5.56 Å². The van der Waals surface area contributed by atoms with Gasteiger partial charge in [0.2, 0.25) is 0 Å². The molecule has 0 aromatic heterocycles. The zero-order valence-electron chi connectivity index (χ0n) is 13.3. The number of carbonyl (C=O) groups excluding carboxylic acids is 1. The largest absolute Gasteiger partial charge is 0.460 e. The Bertz CT molecular complexity index is 449. The van der Waals surface area contributed by atoms with E-state index in [-0.39, 0.29) is 12.0 Å². The molecule has 0 unspecified atom stereocenters. The van der Waals surface area contributed by atoms with Gasteiger partial charge in [-0.25, -0.2) is 0 Å². The normalized spacial score (nSPS) is 13.3. The Balaban J connectivity index is 2.47. The molecule has 0 bridgehead atoms. The molecule has 0 radical (unpaired) electrons. The fraction of sp³-hybridized carbons (Fsp3) is 0.529. The summed E-state index contributed by atoms with van der Waals surface area (Å²) < 4.78 is 10.4. The van der Waals surface area contributed by atoms with Gasteiger partial charge < -0.3 is 9.47 Å². The van der Waals surface area contributed by atoms with Crippen LogP contribution < -0.4 is 0 Å². The summed E-state index contributed by atoms with van der Waals surface area (Å²) in [5.41, 5.74) is 0.671. The fourth-order valence-electron chi connectivity index (χ4n) is 1.84. The number of nitrogens with zero attached hydrogens (tertiary/aromatic N) is 1. The smallest absolute Gasteiger partial charge is 0.306 e. The molecule has 0 saturated carbocycles. The lowest BCUT2D eigenvalue weighted by atomic mass is 10.1. The average Bonchev–Trinajstić information content (AvgIpc) is 2.41. The third kappa shape index (κ3) is 7.61. The maximum absolute atomic E-state index is 11.6. The quantitative estimate of drug-likeness (QED) is 0.570. The molecule has 0 aliphatic carbocycles. The van der Waals surface area contributed by atoms with E-state index >= 15 is 0 Å². The summed E-state index contributed by atoms with van der Waals surface area (Å²) in [7, 11) is 1.66. The Morgan fingerprint density at radius 1 is 1.29 bits per heavy atom. The maximum Gasteiger partial charge on any atom is 0.306 e. The van der Waals surface area contributed by atoms with Crippen molar-refractivity contribution in [3.8, 4) is 0 Å². The van der Waals surface area contributed by atoms with Crippen LogP contribution in [0, 0.1) is 0 Å². The molecular weight excluding hydrogens is 266 g/mol. The van der Waals surface area contributed by atoms with Crippen LogP contribution in [0.15, 0.2) is 35.3 Å². The van der Waals surface area contributed by atoms with E-state index in [1.165, 1.54) is 0 Å². The van der Waals surface area contributed by atoms with Gasteiger partial charge in [-0.05, 0) is 32.8 Å². The van der Waals surface area contributed by atoms with Gasteiger partial charge in [0.25, 0.3) is 0 Å². The number of hydrogen-bond donors (Lipinski definition) is 0.